The van der Waals surface area contributed by atoms with E-state index in [-0.39, 0.29) is 17.5 Å². The Bertz CT molecular complexity index is 789. The van der Waals surface area contributed by atoms with Crippen molar-refractivity contribution < 1.29 is 13.9 Å². The molecule has 2 heterocycles. The van der Waals surface area contributed by atoms with Gasteiger partial charge in [0, 0.05) is 11.6 Å². The normalized spacial score (nSPS) is 11.0. The van der Waals surface area contributed by atoms with Gasteiger partial charge in [-0.15, -0.1) is 0 Å². The van der Waals surface area contributed by atoms with Gasteiger partial charge in [-0.2, -0.15) is 0 Å². The SMILES string of the molecule is O=[N+]([O-])c1ccc(/C=N/c2cc(-c3ccccc3)no2)o1. The first-order chi connectivity index (χ1) is 10.2. The molecule has 0 amide bonds. The fourth-order valence-electron chi connectivity index (χ4n) is 1.71. The maximum atomic E-state index is 10.5. The van der Waals surface area contributed by atoms with Gasteiger partial charge in [-0.3, -0.25) is 10.1 Å². The lowest BCUT2D eigenvalue weighted by molar-refractivity contribution is -0.402. The van der Waals surface area contributed by atoms with Gasteiger partial charge < -0.3 is 8.94 Å². The molecule has 2 aromatic heterocycles. The highest BCUT2D eigenvalue weighted by atomic mass is 16.6. The van der Waals surface area contributed by atoms with E-state index in [0.29, 0.717) is 5.69 Å². The third-order valence-electron chi connectivity index (χ3n) is 2.68. The predicted octanol–water partition coefficient (Wildman–Crippen LogP) is 3.59. The highest BCUT2D eigenvalue weighted by Gasteiger charge is 2.10. The quantitative estimate of drug-likeness (QED) is 0.414. The molecule has 0 aliphatic carbocycles. The van der Waals surface area contributed by atoms with Gasteiger partial charge in [0.1, 0.15) is 10.6 Å². The van der Waals surface area contributed by atoms with Gasteiger partial charge in [0.25, 0.3) is 5.88 Å². The lowest BCUT2D eigenvalue weighted by Crippen LogP contribution is -1.83. The van der Waals surface area contributed by atoms with Crippen molar-refractivity contribution in [3.63, 3.8) is 0 Å². The Morgan fingerprint density at radius 3 is 2.71 bits per heavy atom. The van der Waals surface area contributed by atoms with Crippen molar-refractivity contribution in [3.05, 3.63) is 64.4 Å². The largest absolute Gasteiger partial charge is 0.433 e. The average molecular weight is 283 g/mol. The summed E-state index contributed by atoms with van der Waals surface area (Å²) in [6.45, 7) is 0. The summed E-state index contributed by atoms with van der Waals surface area (Å²) in [7, 11) is 0. The van der Waals surface area contributed by atoms with Gasteiger partial charge in [0.2, 0.25) is 0 Å². The van der Waals surface area contributed by atoms with Crippen LogP contribution in [0.5, 0.6) is 0 Å². The number of furan rings is 1. The Morgan fingerprint density at radius 1 is 1.19 bits per heavy atom. The molecule has 0 bridgehead atoms. The molecule has 0 aliphatic heterocycles. The number of aromatic nitrogens is 1. The van der Waals surface area contributed by atoms with Crippen molar-refractivity contribution in [2.24, 2.45) is 4.99 Å². The van der Waals surface area contributed by atoms with E-state index in [2.05, 4.69) is 10.1 Å². The predicted molar refractivity (Wildman–Crippen MR) is 74.6 cm³/mol. The van der Waals surface area contributed by atoms with Crippen LogP contribution in [-0.4, -0.2) is 16.3 Å². The van der Waals surface area contributed by atoms with Gasteiger partial charge in [-0.05, 0) is 6.07 Å². The number of nitro groups is 1. The Morgan fingerprint density at radius 2 is 2.00 bits per heavy atom. The Hall–Kier alpha value is -3.22. The number of hydrogen-bond donors (Lipinski definition) is 0. The lowest BCUT2D eigenvalue weighted by Gasteiger charge is -1.90. The van der Waals surface area contributed by atoms with E-state index in [1.54, 1.807) is 6.07 Å². The van der Waals surface area contributed by atoms with Crippen molar-refractivity contribution in [1.29, 1.82) is 0 Å². The zero-order chi connectivity index (χ0) is 14.7. The molecule has 7 nitrogen and oxygen atoms in total. The minimum atomic E-state index is -0.612. The minimum Gasteiger partial charge on any atom is -0.400 e. The first-order valence-corrected chi connectivity index (χ1v) is 6.03. The summed E-state index contributed by atoms with van der Waals surface area (Å²) in [5.41, 5.74) is 1.57. The van der Waals surface area contributed by atoms with E-state index < -0.39 is 4.92 Å². The molecule has 7 heteroatoms. The van der Waals surface area contributed by atoms with Crippen molar-refractivity contribution >= 4 is 18.0 Å². The fraction of sp³-hybridized carbons (Fsp3) is 0. The molecule has 104 valence electrons. The van der Waals surface area contributed by atoms with E-state index in [1.807, 2.05) is 30.3 Å². The zero-order valence-corrected chi connectivity index (χ0v) is 10.7. The number of hydrogen-bond acceptors (Lipinski definition) is 6. The first-order valence-electron chi connectivity index (χ1n) is 6.03. The molecular formula is C14H9N3O4. The second kappa shape index (κ2) is 5.41. The highest BCUT2D eigenvalue weighted by molar-refractivity contribution is 5.78. The molecule has 21 heavy (non-hydrogen) atoms. The van der Waals surface area contributed by atoms with Crippen LogP contribution in [0.1, 0.15) is 5.76 Å². The molecular weight excluding hydrogens is 274 g/mol. The Labute approximate surface area is 118 Å². The molecule has 3 aromatic rings. The summed E-state index contributed by atoms with van der Waals surface area (Å²) in [6.07, 6.45) is 1.34. The van der Waals surface area contributed by atoms with Crippen molar-refractivity contribution in [2.45, 2.75) is 0 Å². The number of nitrogens with zero attached hydrogens (tertiary/aromatic N) is 3. The molecule has 0 N–H and O–H groups in total. The van der Waals surface area contributed by atoms with Crippen molar-refractivity contribution in [3.8, 4) is 11.3 Å². The second-order valence-electron chi connectivity index (χ2n) is 4.11. The summed E-state index contributed by atoms with van der Waals surface area (Å²) in [4.78, 5) is 13.9. The van der Waals surface area contributed by atoms with E-state index in [0.717, 1.165) is 5.56 Å². The van der Waals surface area contributed by atoms with Gasteiger partial charge in [0.15, 0.2) is 5.76 Å². The first kappa shape index (κ1) is 12.8. The van der Waals surface area contributed by atoms with Crippen LogP contribution in [0, 0.1) is 10.1 Å². The smallest absolute Gasteiger partial charge is 0.400 e. The standard InChI is InChI=1S/C14H9N3O4/c18-17(19)14-7-6-11(20-14)9-15-13-8-12(16-21-13)10-4-2-1-3-5-10/h1-9H/b15-9+. The highest BCUT2D eigenvalue weighted by Crippen LogP contribution is 2.23. The summed E-state index contributed by atoms with van der Waals surface area (Å²) in [5.74, 6) is 0.214. The molecule has 3 rings (SSSR count). The maximum absolute atomic E-state index is 10.5. The summed E-state index contributed by atoms with van der Waals surface area (Å²) < 4.78 is 10.0. The van der Waals surface area contributed by atoms with Gasteiger partial charge in [-0.25, -0.2) is 4.99 Å². The average Bonchev–Trinajstić information content (AvgIpc) is 3.15. The second-order valence-corrected chi connectivity index (χ2v) is 4.11. The maximum Gasteiger partial charge on any atom is 0.433 e. The molecule has 0 unspecified atom stereocenters. The van der Waals surface area contributed by atoms with Gasteiger partial charge in [-0.1, -0.05) is 35.5 Å². The van der Waals surface area contributed by atoms with Gasteiger partial charge >= 0.3 is 5.88 Å². The molecule has 0 atom stereocenters. The van der Waals surface area contributed by atoms with E-state index in [9.17, 15) is 10.1 Å². The number of rotatable bonds is 4. The molecule has 1 aromatic carbocycles. The summed E-state index contributed by atoms with van der Waals surface area (Å²) in [5, 5.41) is 14.4. The Kier molecular flexibility index (Phi) is 3.30. The number of aliphatic imine (C=N–C) groups is 1. The number of benzene rings is 1. The van der Waals surface area contributed by atoms with Crippen LogP contribution < -0.4 is 0 Å². The minimum absolute atomic E-state index is 0.263. The molecule has 0 fully saturated rings. The summed E-state index contributed by atoms with van der Waals surface area (Å²) >= 11 is 0. The molecule has 0 spiro atoms. The van der Waals surface area contributed by atoms with Crippen LogP contribution >= 0.6 is 0 Å². The van der Waals surface area contributed by atoms with Crippen LogP contribution in [0.2, 0.25) is 0 Å². The zero-order valence-electron chi connectivity index (χ0n) is 10.7. The van der Waals surface area contributed by atoms with Crippen LogP contribution in [-0.2, 0) is 0 Å². The van der Waals surface area contributed by atoms with E-state index >= 15 is 0 Å². The van der Waals surface area contributed by atoms with Crippen LogP contribution in [0.25, 0.3) is 11.3 Å². The molecule has 0 saturated carbocycles. The van der Waals surface area contributed by atoms with Crippen LogP contribution in [0.15, 0.2) is 62.5 Å². The summed E-state index contributed by atoms with van der Waals surface area (Å²) in [6, 6.07) is 13.9. The fourth-order valence-corrected chi connectivity index (χ4v) is 1.71. The Balaban J connectivity index is 1.77. The van der Waals surface area contributed by atoms with Crippen LogP contribution in [0.3, 0.4) is 0 Å². The van der Waals surface area contributed by atoms with Gasteiger partial charge in [0.05, 0.1) is 12.3 Å². The molecule has 0 aliphatic rings. The molecule has 0 saturated heterocycles. The molecule has 0 radical (unpaired) electrons. The monoisotopic (exact) mass is 283 g/mol. The van der Waals surface area contributed by atoms with Crippen molar-refractivity contribution in [2.75, 3.05) is 0 Å². The third kappa shape index (κ3) is 2.86. The van der Waals surface area contributed by atoms with Crippen LogP contribution in [0.4, 0.5) is 11.8 Å². The third-order valence-corrected chi connectivity index (χ3v) is 2.68. The topological polar surface area (TPSA) is 94.7 Å². The van der Waals surface area contributed by atoms with E-state index in [1.165, 1.54) is 18.3 Å². The van der Waals surface area contributed by atoms with E-state index in [4.69, 9.17) is 8.94 Å². The van der Waals surface area contributed by atoms with Crippen molar-refractivity contribution in [1.82, 2.24) is 5.16 Å². The lowest BCUT2D eigenvalue weighted by atomic mass is 10.2.